The fourth-order valence-electron chi connectivity index (χ4n) is 1.58. The molecule has 0 aliphatic carbocycles. The predicted octanol–water partition coefficient (Wildman–Crippen LogP) is 1.28. The van der Waals surface area contributed by atoms with Crippen LogP contribution in [0.1, 0.15) is 6.92 Å². The predicted molar refractivity (Wildman–Crippen MR) is 69.2 cm³/mol. The van der Waals surface area contributed by atoms with Crippen LogP contribution in [0.15, 0.2) is 30.3 Å². The van der Waals surface area contributed by atoms with E-state index < -0.39 is 0 Å². The van der Waals surface area contributed by atoms with E-state index in [1.54, 1.807) is 12.0 Å². The van der Waals surface area contributed by atoms with E-state index in [9.17, 15) is 4.79 Å². The van der Waals surface area contributed by atoms with Crippen LogP contribution in [0.25, 0.3) is 0 Å². The van der Waals surface area contributed by atoms with Gasteiger partial charge < -0.3 is 15.0 Å². The van der Waals surface area contributed by atoms with Gasteiger partial charge in [0.15, 0.2) is 0 Å². The number of hydrogen-bond acceptors (Lipinski definition) is 3. The van der Waals surface area contributed by atoms with Crippen LogP contribution in [-0.2, 0) is 9.53 Å². The molecule has 0 atom stereocenters. The Labute approximate surface area is 103 Å². The van der Waals surface area contributed by atoms with E-state index in [0.29, 0.717) is 26.2 Å². The highest BCUT2D eigenvalue weighted by Gasteiger charge is 2.12. The van der Waals surface area contributed by atoms with E-state index >= 15 is 0 Å². The van der Waals surface area contributed by atoms with Gasteiger partial charge >= 0.3 is 0 Å². The molecule has 0 bridgehead atoms. The molecule has 1 amide bonds. The maximum Gasteiger partial charge on any atom is 0.240 e. The molecular weight excluding hydrogens is 216 g/mol. The van der Waals surface area contributed by atoms with Gasteiger partial charge in [-0.1, -0.05) is 18.2 Å². The highest BCUT2D eigenvalue weighted by atomic mass is 16.5. The first kappa shape index (κ1) is 13.7. The second-order valence-electron chi connectivity index (χ2n) is 3.64. The van der Waals surface area contributed by atoms with Crippen molar-refractivity contribution in [1.29, 1.82) is 0 Å². The Kier molecular flexibility index (Phi) is 6.29. The summed E-state index contributed by atoms with van der Waals surface area (Å²) < 4.78 is 4.91. The number of ether oxygens (including phenoxy) is 1. The van der Waals surface area contributed by atoms with Gasteiger partial charge in [-0.15, -0.1) is 0 Å². The van der Waals surface area contributed by atoms with Gasteiger partial charge in [0.2, 0.25) is 5.91 Å². The molecule has 0 unspecified atom stereocenters. The molecule has 94 valence electrons. The summed E-state index contributed by atoms with van der Waals surface area (Å²) in [4.78, 5) is 13.7. The van der Waals surface area contributed by atoms with Gasteiger partial charge in [0.05, 0.1) is 13.2 Å². The van der Waals surface area contributed by atoms with Crippen molar-refractivity contribution in [2.75, 3.05) is 38.3 Å². The molecule has 0 fully saturated rings. The monoisotopic (exact) mass is 236 g/mol. The van der Waals surface area contributed by atoms with Crippen LogP contribution in [-0.4, -0.2) is 39.3 Å². The van der Waals surface area contributed by atoms with Crippen LogP contribution < -0.4 is 10.2 Å². The number of amides is 1. The molecule has 1 rings (SSSR count). The SMILES string of the molecule is CCN(C(=O)CNCCOC)c1ccccc1. The van der Waals surface area contributed by atoms with E-state index in [2.05, 4.69) is 5.32 Å². The normalized spacial score (nSPS) is 10.2. The van der Waals surface area contributed by atoms with Gasteiger partial charge in [-0.2, -0.15) is 0 Å². The van der Waals surface area contributed by atoms with E-state index in [4.69, 9.17) is 4.74 Å². The highest BCUT2D eigenvalue weighted by molar-refractivity contribution is 5.94. The molecule has 1 aromatic rings. The van der Waals surface area contributed by atoms with Gasteiger partial charge in [0.25, 0.3) is 0 Å². The lowest BCUT2D eigenvalue weighted by molar-refractivity contribution is -0.117. The summed E-state index contributed by atoms with van der Waals surface area (Å²) in [6, 6.07) is 9.69. The number of carbonyl (C=O) groups is 1. The Bertz CT molecular complexity index is 327. The fraction of sp³-hybridized carbons (Fsp3) is 0.462. The minimum atomic E-state index is 0.0785. The Morgan fingerprint density at radius 1 is 1.35 bits per heavy atom. The Balaban J connectivity index is 2.48. The minimum absolute atomic E-state index is 0.0785. The van der Waals surface area contributed by atoms with Crippen LogP contribution in [0.4, 0.5) is 5.69 Å². The van der Waals surface area contributed by atoms with Gasteiger partial charge in [-0.3, -0.25) is 4.79 Å². The van der Waals surface area contributed by atoms with E-state index in [-0.39, 0.29) is 5.91 Å². The maximum atomic E-state index is 12.0. The van der Waals surface area contributed by atoms with E-state index in [1.165, 1.54) is 0 Å². The van der Waals surface area contributed by atoms with Crippen molar-refractivity contribution in [2.45, 2.75) is 6.92 Å². The molecule has 0 radical (unpaired) electrons. The van der Waals surface area contributed by atoms with Crippen molar-refractivity contribution in [3.05, 3.63) is 30.3 Å². The number of rotatable bonds is 7. The van der Waals surface area contributed by atoms with Crippen LogP contribution in [0, 0.1) is 0 Å². The molecule has 0 spiro atoms. The van der Waals surface area contributed by atoms with Crippen molar-refractivity contribution in [2.24, 2.45) is 0 Å². The second kappa shape index (κ2) is 7.81. The third-order valence-corrected chi connectivity index (χ3v) is 2.44. The molecule has 4 nitrogen and oxygen atoms in total. The Morgan fingerprint density at radius 2 is 2.06 bits per heavy atom. The number of nitrogens with one attached hydrogen (secondary N) is 1. The third kappa shape index (κ3) is 4.54. The fourth-order valence-corrected chi connectivity index (χ4v) is 1.58. The molecule has 0 heterocycles. The standard InChI is InChI=1S/C13H20N2O2/c1-3-15(12-7-5-4-6-8-12)13(16)11-14-9-10-17-2/h4-8,14H,3,9-11H2,1-2H3. The summed E-state index contributed by atoms with van der Waals surface area (Å²) in [6.45, 7) is 4.29. The lowest BCUT2D eigenvalue weighted by Gasteiger charge is -2.21. The number of hydrogen-bond donors (Lipinski definition) is 1. The molecule has 0 aliphatic rings. The van der Waals surface area contributed by atoms with Crippen LogP contribution in [0.5, 0.6) is 0 Å². The first-order valence-electron chi connectivity index (χ1n) is 5.84. The molecule has 0 aliphatic heterocycles. The molecule has 0 saturated carbocycles. The Hall–Kier alpha value is -1.39. The zero-order valence-electron chi connectivity index (χ0n) is 10.5. The highest BCUT2D eigenvalue weighted by Crippen LogP contribution is 2.12. The summed E-state index contributed by atoms with van der Waals surface area (Å²) >= 11 is 0. The molecule has 1 N–H and O–H groups in total. The van der Waals surface area contributed by atoms with Crippen molar-refractivity contribution in [3.8, 4) is 0 Å². The van der Waals surface area contributed by atoms with Gasteiger partial charge in [0.1, 0.15) is 0 Å². The van der Waals surface area contributed by atoms with Crippen molar-refractivity contribution in [1.82, 2.24) is 5.32 Å². The molecular formula is C13H20N2O2. The first-order valence-corrected chi connectivity index (χ1v) is 5.84. The summed E-state index contributed by atoms with van der Waals surface area (Å²) in [7, 11) is 1.64. The topological polar surface area (TPSA) is 41.6 Å². The number of likely N-dealkylation sites (N-methyl/N-ethyl adjacent to an activating group) is 1. The van der Waals surface area contributed by atoms with Crippen molar-refractivity contribution in [3.63, 3.8) is 0 Å². The Morgan fingerprint density at radius 3 is 2.65 bits per heavy atom. The third-order valence-electron chi connectivity index (χ3n) is 2.44. The number of carbonyl (C=O) groups excluding carboxylic acids is 1. The van der Waals surface area contributed by atoms with Gasteiger partial charge in [0, 0.05) is 25.9 Å². The molecule has 17 heavy (non-hydrogen) atoms. The molecule has 0 saturated heterocycles. The van der Waals surface area contributed by atoms with Crippen LogP contribution in [0.3, 0.4) is 0 Å². The van der Waals surface area contributed by atoms with Gasteiger partial charge in [-0.25, -0.2) is 0 Å². The minimum Gasteiger partial charge on any atom is -0.383 e. The lowest BCUT2D eigenvalue weighted by Crippen LogP contribution is -2.39. The average Bonchev–Trinajstić information content (AvgIpc) is 2.37. The lowest BCUT2D eigenvalue weighted by atomic mass is 10.3. The number of nitrogens with zero attached hydrogens (tertiary/aromatic N) is 1. The molecule has 1 aromatic carbocycles. The average molecular weight is 236 g/mol. The quantitative estimate of drug-likeness (QED) is 0.725. The largest absolute Gasteiger partial charge is 0.383 e. The zero-order chi connectivity index (χ0) is 12.5. The van der Waals surface area contributed by atoms with Crippen molar-refractivity contribution >= 4 is 11.6 Å². The molecule has 4 heteroatoms. The summed E-state index contributed by atoms with van der Waals surface area (Å²) in [5, 5.41) is 3.05. The van der Waals surface area contributed by atoms with Crippen molar-refractivity contribution < 1.29 is 9.53 Å². The second-order valence-corrected chi connectivity index (χ2v) is 3.64. The van der Waals surface area contributed by atoms with E-state index in [0.717, 1.165) is 5.69 Å². The summed E-state index contributed by atoms with van der Waals surface area (Å²) in [5.74, 6) is 0.0785. The summed E-state index contributed by atoms with van der Waals surface area (Å²) in [6.07, 6.45) is 0. The van der Waals surface area contributed by atoms with Gasteiger partial charge in [-0.05, 0) is 19.1 Å². The summed E-state index contributed by atoms with van der Waals surface area (Å²) in [5.41, 5.74) is 0.938. The van der Waals surface area contributed by atoms with E-state index in [1.807, 2.05) is 37.3 Å². The first-order chi connectivity index (χ1) is 8.29. The number of para-hydroxylation sites is 1. The smallest absolute Gasteiger partial charge is 0.240 e. The zero-order valence-corrected chi connectivity index (χ0v) is 10.5. The molecule has 0 aromatic heterocycles. The van der Waals surface area contributed by atoms with Crippen LogP contribution >= 0.6 is 0 Å². The number of anilines is 1. The number of methoxy groups -OCH3 is 1. The number of benzene rings is 1. The van der Waals surface area contributed by atoms with Crippen LogP contribution in [0.2, 0.25) is 0 Å². The maximum absolute atomic E-state index is 12.0.